The molecule has 0 saturated carbocycles. The number of amides is 2. The summed E-state index contributed by atoms with van der Waals surface area (Å²) in [5.41, 5.74) is 3.14. The molecule has 3 rings (SSSR count). The molecule has 1 N–H and O–H groups in total. The zero-order valence-corrected chi connectivity index (χ0v) is 15.4. The topological polar surface area (TPSA) is 62.3 Å². The van der Waals surface area contributed by atoms with Crippen molar-refractivity contribution in [1.82, 2.24) is 9.88 Å². The number of anilines is 1. The maximum atomic E-state index is 12.5. The fraction of sp³-hybridized carbons (Fsp3) is 0.150. The maximum Gasteiger partial charge on any atom is 0.273 e. The Morgan fingerprint density at radius 3 is 2.46 bits per heavy atom. The minimum Gasteiger partial charge on any atom is -0.331 e. The van der Waals surface area contributed by atoms with Crippen molar-refractivity contribution in [2.45, 2.75) is 6.92 Å². The highest BCUT2D eigenvalue weighted by Gasteiger charge is 2.18. The van der Waals surface area contributed by atoms with E-state index in [2.05, 4.69) is 10.3 Å². The first-order valence-electron chi connectivity index (χ1n) is 8.16. The summed E-state index contributed by atoms with van der Waals surface area (Å²) in [5, 5.41) is 5.29. The van der Waals surface area contributed by atoms with Crippen LogP contribution in [0.3, 0.4) is 0 Å². The number of hydrogen-bond acceptors (Lipinski definition) is 4. The number of rotatable bonds is 5. The van der Waals surface area contributed by atoms with Gasteiger partial charge in [0.1, 0.15) is 10.7 Å². The highest BCUT2D eigenvalue weighted by molar-refractivity contribution is 7.13. The molecule has 0 bridgehead atoms. The number of nitrogens with zero attached hydrogens (tertiary/aromatic N) is 2. The summed E-state index contributed by atoms with van der Waals surface area (Å²) in [5.74, 6) is -0.522. The Bertz CT molecular complexity index is 904. The van der Waals surface area contributed by atoms with Crippen molar-refractivity contribution < 1.29 is 9.59 Å². The van der Waals surface area contributed by atoms with Crippen molar-refractivity contribution >= 4 is 28.8 Å². The molecule has 2 aromatic carbocycles. The van der Waals surface area contributed by atoms with Crippen LogP contribution >= 0.6 is 11.3 Å². The van der Waals surface area contributed by atoms with E-state index in [-0.39, 0.29) is 18.4 Å². The predicted molar refractivity (Wildman–Crippen MR) is 104 cm³/mol. The van der Waals surface area contributed by atoms with E-state index in [1.165, 1.54) is 16.2 Å². The Morgan fingerprint density at radius 1 is 1.08 bits per heavy atom. The highest BCUT2D eigenvalue weighted by atomic mass is 32.1. The fourth-order valence-electron chi connectivity index (χ4n) is 2.41. The van der Waals surface area contributed by atoms with Crippen LogP contribution in [0.1, 0.15) is 16.1 Å². The monoisotopic (exact) mass is 365 g/mol. The van der Waals surface area contributed by atoms with E-state index in [4.69, 9.17) is 0 Å². The number of nitrogens with one attached hydrogen (secondary N) is 1. The SMILES string of the molecule is Cc1ccc(NC(=O)CN(C)C(=O)c2csc(-c3ccccc3)n2)cc1. The van der Waals surface area contributed by atoms with Gasteiger partial charge in [-0.2, -0.15) is 0 Å². The number of likely N-dealkylation sites (N-methyl/N-ethyl adjacent to an activating group) is 1. The fourth-order valence-corrected chi connectivity index (χ4v) is 3.21. The van der Waals surface area contributed by atoms with Gasteiger partial charge < -0.3 is 10.2 Å². The smallest absolute Gasteiger partial charge is 0.273 e. The lowest BCUT2D eigenvalue weighted by Crippen LogP contribution is -2.35. The van der Waals surface area contributed by atoms with Crippen LogP contribution in [0, 0.1) is 6.92 Å². The van der Waals surface area contributed by atoms with Gasteiger partial charge in [0.15, 0.2) is 0 Å². The van der Waals surface area contributed by atoms with E-state index >= 15 is 0 Å². The molecule has 0 aliphatic rings. The van der Waals surface area contributed by atoms with E-state index in [9.17, 15) is 9.59 Å². The number of carbonyl (C=O) groups excluding carboxylic acids is 2. The molecule has 0 unspecified atom stereocenters. The lowest BCUT2D eigenvalue weighted by molar-refractivity contribution is -0.116. The van der Waals surface area contributed by atoms with E-state index in [1.807, 2.05) is 61.5 Å². The van der Waals surface area contributed by atoms with Gasteiger partial charge in [-0.25, -0.2) is 4.98 Å². The van der Waals surface area contributed by atoms with Crippen molar-refractivity contribution in [2.24, 2.45) is 0 Å². The minimum absolute atomic E-state index is 0.0368. The average molecular weight is 365 g/mol. The standard InChI is InChI=1S/C20H19N3O2S/c1-14-8-10-16(11-9-14)21-18(24)12-23(2)20(25)17-13-26-19(22-17)15-6-4-3-5-7-15/h3-11,13H,12H2,1-2H3,(H,21,24). The molecule has 26 heavy (non-hydrogen) atoms. The van der Waals surface area contributed by atoms with Crippen LogP contribution in [0.15, 0.2) is 60.0 Å². The molecule has 0 aliphatic heterocycles. The van der Waals surface area contributed by atoms with Crippen LogP contribution < -0.4 is 5.32 Å². The van der Waals surface area contributed by atoms with Crippen molar-refractivity contribution in [1.29, 1.82) is 0 Å². The summed E-state index contributed by atoms with van der Waals surface area (Å²) in [6, 6.07) is 17.2. The van der Waals surface area contributed by atoms with Crippen molar-refractivity contribution in [3.63, 3.8) is 0 Å². The van der Waals surface area contributed by atoms with Crippen molar-refractivity contribution in [3.8, 4) is 10.6 Å². The summed E-state index contributed by atoms with van der Waals surface area (Å²) in [6.45, 7) is 1.94. The summed E-state index contributed by atoms with van der Waals surface area (Å²) >= 11 is 1.41. The van der Waals surface area contributed by atoms with Gasteiger partial charge in [-0.3, -0.25) is 9.59 Å². The van der Waals surface area contributed by atoms with Crippen LogP contribution in [-0.2, 0) is 4.79 Å². The van der Waals surface area contributed by atoms with Gasteiger partial charge >= 0.3 is 0 Å². The van der Waals surface area contributed by atoms with Gasteiger partial charge in [0, 0.05) is 23.7 Å². The van der Waals surface area contributed by atoms with Gasteiger partial charge in [-0.1, -0.05) is 48.0 Å². The maximum absolute atomic E-state index is 12.5. The molecule has 0 atom stereocenters. The Labute approximate surface area is 156 Å². The molecule has 0 radical (unpaired) electrons. The van der Waals surface area contributed by atoms with Crippen LogP contribution in [0.5, 0.6) is 0 Å². The summed E-state index contributed by atoms with van der Waals surface area (Å²) in [6.07, 6.45) is 0. The Balaban J connectivity index is 1.61. The average Bonchev–Trinajstić information content (AvgIpc) is 3.14. The van der Waals surface area contributed by atoms with Crippen molar-refractivity contribution in [3.05, 3.63) is 71.2 Å². The number of benzene rings is 2. The second-order valence-electron chi connectivity index (χ2n) is 5.98. The third-order valence-electron chi connectivity index (χ3n) is 3.81. The number of hydrogen-bond donors (Lipinski definition) is 1. The Kier molecular flexibility index (Phi) is 5.43. The molecular weight excluding hydrogens is 346 g/mol. The van der Waals surface area contributed by atoms with E-state index in [1.54, 1.807) is 12.4 Å². The molecular formula is C20H19N3O2S. The largest absolute Gasteiger partial charge is 0.331 e. The second kappa shape index (κ2) is 7.93. The van der Waals surface area contributed by atoms with E-state index in [0.717, 1.165) is 16.1 Å². The van der Waals surface area contributed by atoms with Gasteiger partial charge in [-0.05, 0) is 19.1 Å². The van der Waals surface area contributed by atoms with E-state index < -0.39 is 0 Å². The molecule has 0 spiro atoms. The summed E-state index contributed by atoms with van der Waals surface area (Å²) < 4.78 is 0. The summed E-state index contributed by atoms with van der Waals surface area (Å²) in [4.78, 5) is 30.4. The molecule has 5 nitrogen and oxygen atoms in total. The molecule has 0 aliphatic carbocycles. The third kappa shape index (κ3) is 4.34. The molecule has 0 saturated heterocycles. The first-order chi connectivity index (χ1) is 12.5. The lowest BCUT2D eigenvalue weighted by Gasteiger charge is -2.15. The first kappa shape index (κ1) is 17.8. The Morgan fingerprint density at radius 2 is 1.77 bits per heavy atom. The van der Waals surface area contributed by atoms with Crippen LogP contribution in [0.2, 0.25) is 0 Å². The van der Waals surface area contributed by atoms with Gasteiger partial charge in [0.05, 0.1) is 6.54 Å². The molecule has 0 fully saturated rings. The second-order valence-corrected chi connectivity index (χ2v) is 6.84. The van der Waals surface area contributed by atoms with E-state index in [0.29, 0.717) is 11.4 Å². The Hall–Kier alpha value is -2.99. The van der Waals surface area contributed by atoms with Gasteiger partial charge in [-0.15, -0.1) is 11.3 Å². The van der Waals surface area contributed by atoms with Crippen LogP contribution in [-0.4, -0.2) is 35.3 Å². The number of thiazole rings is 1. The highest BCUT2D eigenvalue weighted by Crippen LogP contribution is 2.23. The summed E-state index contributed by atoms with van der Waals surface area (Å²) in [7, 11) is 1.60. The van der Waals surface area contributed by atoms with Crippen LogP contribution in [0.4, 0.5) is 5.69 Å². The molecule has 3 aromatic rings. The van der Waals surface area contributed by atoms with Gasteiger partial charge in [0.25, 0.3) is 5.91 Å². The molecule has 132 valence electrons. The quantitative estimate of drug-likeness (QED) is 0.747. The zero-order chi connectivity index (χ0) is 18.5. The van der Waals surface area contributed by atoms with Crippen molar-refractivity contribution in [2.75, 3.05) is 18.9 Å². The third-order valence-corrected chi connectivity index (χ3v) is 4.70. The molecule has 1 heterocycles. The molecule has 6 heteroatoms. The normalized spacial score (nSPS) is 10.4. The lowest BCUT2D eigenvalue weighted by atomic mass is 10.2. The number of carbonyl (C=O) groups is 2. The molecule has 2 amide bonds. The number of aromatic nitrogens is 1. The minimum atomic E-state index is -0.275. The zero-order valence-electron chi connectivity index (χ0n) is 14.6. The van der Waals surface area contributed by atoms with Crippen LogP contribution in [0.25, 0.3) is 10.6 Å². The molecule has 1 aromatic heterocycles. The number of aryl methyl sites for hydroxylation is 1. The van der Waals surface area contributed by atoms with Gasteiger partial charge in [0.2, 0.25) is 5.91 Å². The first-order valence-corrected chi connectivity index (χ1v) is 9.04. The predicted octanol–water partition coefficient (Wildman–Crippen LogP) is 3.83.